The third-order valence-electron chi connectivity index (χ3n) is 5.13. The highest BCUT2D eigenvalue weighted by molar-refractivity contribution is 5.97. The SMILES string of the molecule is O=C(NCCc1c[nH]c2ccccc12)c1ccc2c(c1)nc1n2CCOC1. The number of aromatic amines is 1. The first-order valence-electron chi connectivity index (χ1n) is 9.20. The van der Waals surface area contributed by atoms with Crippen molar-refractivity contribution in [2.75, 3.05) is 13.2 Å². The highest BCUT2D eigenvalue weighted by atomic mass is 16.5. The molecule has 0 radical (unpaired) electrons. The van der Waals surface area contributed by atoms with Crippen LogP contribution in [0.3, 0.4) is 0 Å². The fourth-order valence-electron chi connectivity index (χ4n) is 3.75. The van der Waals surface area contributed by atoms with Gasteiger partial charge in [-0.2, -0.15) is 0 Å². The minimum Gasteiger partial charge on any atom is -0.372 e. The van der Waals surface area contributed by atoms with E-state index in [4.69, 9.17) is 4.74 Å². The van der Waals surface area contributed by atoms with Crippen LogP contribution in [0, 0.1) is 0 Å². The van der Waals surface area contributed by atoms with Crippen LogP contribution in [0.5, 0.6) is 0 Å². The molecule has 1 aliphatic rings. The average Bonchev–Trinajstić information content (AvgIpc) is 3.28. The first-order chi connectivity index (χ1) is 13.3. The molecule has 1 amide bonds. The second kappa shape index (κ2) is 6.55. The molecule has 2 N–H and O–H groups in total. The number of H-pyrrole nitrogens is 1. The maximum Gasteiger partial charge on any atom is 0.251 e. The lowest BCUT2D eigenvalue weighted by Crippen LogP contribution is -2.25. The van der Waals surface area contributed by atoms with Gasteiger partial charge in [0, 0.05) is 35.8 Å². The minimum atomic E-state index is -0.0704. The van der Waals surface area contributed by atoms with E-state index >= 15 is 0 Å². The molecule has 6 heteroatoms. The predicted octanol–water partition coefficient (Wildman–Crippen LogP) is 3.02. The van der Waals surface area contributed by atoms with E-state index in [1.54, 1.807) is 0 Å². The number of carbonyl (C=O) groups is 1. The Morgan fingerprint density at radius 1 is 1.26 bits per heavy atom. The zero-order chi connectivity index (χ0) is 18.2. The summed E-state index contributed by atoms with van der Waals surface area (Å²) in [6.45, 7) is 2.63. The van der Waals surface area contributed by atoms with Crippen LogP contribution in [0.4, 0.5) is 0 Å². The normalized spacial score (nSPS) is 13.8. The number of nitrogens with one attached hydrogen (secondary N) is 2. The van der Waals surface area contributed by atoms with E-state index in [1.165, 1.54) is 10.9 Å². The molecule has 136 valence electrons. The molecule has 0 spiro atoms. The second-order valence-electron chi connectivity index (χ2n) is 6.80. The topological polar surface area (TPSA) is 71.9 Å². The number of fused-ring (bicyclic) bond motifs is 4. The van der Waals surface area contributed by atoms with Gasteiger partial charge >= 0.3 is 0 Å². The first kappa shape index (κ1) is 16.1. The molecule has 3 heterocycles. The molecule has 0 bridgehead atoms. The number of imidazole rings is 1. The van der Waals surface area contributed by atoms with Crippen LogP contribution in [0.2, 0.25) is 0 Å². The van der Waals surface area contributed by atoms with Crippen LogP contribution in [0.15, 0.2) is 48.7 Å². The fourth-order valence-corrected chi connectivity index (χ4v) is 3.75. The highest BCUT2D eigenvalue weighted by Gasteiger charge is 2.16. The molecule has 0 saturated carbocycles. The molecular formula is C21H20N4O2. The minimum absolute atomic E-state index is 0.0704. The van der Waals surface area contributed by atoms with E-state index in [0.717, 1.165) is 35.3 Å². The van der Waals surface area contributed by atoms with Gasteiger partial charge in [0.15, 0.2) is 0 Å². The number of rotatable bonds is 4. The number of hydrogen-bond donors (Lipinski definition) is 2. The van der Waals surface area contributed by atoms with Crippen molar-refractivity contribution in [1.82, 2.24) is 19.9 Å². The van der Waals surface area contributed by atoms with Gasteiger partial charge in [0.25, 0.3) is 5.91 Å². The number of para-hydroxylation sites is 1. The molecule has 5 rings (SSSR count). The maximum absolute atomic E-state index is 12.5. The van der Waals surface area contributed by atoms with E-state index in [0.29, 0.717) is 25.3 Å². The molecule has 0 unspecified atom stereocenters. The van der Waals surface area contributed by atoms with Crippen molar-refractivity contribution in [2.45, 2.75) is 19.6 Å². The molecule has 1 aliphatic heterocycles. The molecule has 2 aromatic carbocycles. The van der Waals surface area contributed by atoms with Crippen LogP contribution in [0.1, 0.15) is 21.7 Å². The van der Waals surface area contributed by atoms with E-state index in [9.17, 15) is 4.79 Å². The molecule has 6 nitrogen and oxygen atoms in total. The van der Waals surface area contributed by atoms with E-state index < -0.39 is 0 Å². The Labute approximate surface area is 156 Å². The summed E-state index contributed by atoms with van der Waals surface area (Å²) >= 11 is 0. The summed E-state index contributed by atoms with van der Waals surface area (Å²) in [5.74, 6) is 0.854. The van der Waals surface area contributed by atoms with Gasteiger partial charge < -0.3 is 19.6 Å². The Balaban J connectivity index is 1.29. The molecule has 27 heavy (non-hydrogen) atoms. The van der Waals surface area contributed by atoms with Gasteiger partial charge in [-0.15, -0.1) is 0 Å². The van der Waals surface area contributed by atoms with E-state index in [2.05, 4.69) is 32.0 Å². The number of hydrogen-bond acceptors (Lipinski definition) is 3. The Kier molecular flexibility index (Phi) is 3.90. The zero-order valence-electron chi connectivity index (χ0n) is 14.9. The molecule has 0 saturated heterocycles. The lowest BCUT2D eigenvalue weighted by Gasteiger charge is -2.14. The summed E-state index contributed by atoms with van der Waals surface area (Å²) in [7, 11) is 0. The summed E-state index contributed by atoms with van der Waals surface area (Å²) in [4.78, 5) is 20.4. The summed E-state index contributed by atoms with van der Waals surface area (Å²) in [5.41, 5.74) is 4.88. The Hall–Kier alpha value is -3.12. The standard InChI is InChI=1S/C21H20N4O2/c26-21(22-8-7-15-12-23-17-4-2-1-3-16(15)17)14-5-6-19-18(11-14)24-20-13-27-10-9-25(19)20/h1-6,11-12,23H,7-10,13H2,(H,22,26). The summed E-state index contributed by atoms with van der Waals surface area (Å²) in [5, 5.41) is 4.22. The smallest absolute Gasteiger partial charge is 0.251 e. The van der Waals surface area contributed by atoms with Crippen molar-refractivity contribution in [3.8, 4) is 0 Å². The lowest BCUT2D eigenvalue weighted by atomic mass is 10.1. The molecule has 4 aromatic rings. The predicted molar refractivity (Wildman–Crippen MR) is 104 cm³/mol. The van der Waals surface area contributed by atoms with Crippen LogP contribution >= 0.6 is 0 Å². The van der Waals surface area contributed by atoms with Crippen molar-refractivity contribution in [3.63, 3.8) is 0 Å². The largest absolute Gasteiger partial charge is 0.372 e. The number of carbonyl (C=O) groups excluding carboxylic acids is 1. The first-order valence-corrected chi connectivity index (χ1v) is 9.20. The Bertz CT molecular complexity index is 1140. The summed E-state index contributed by atoms with van der Waals surface area (Å²) < 4.78 is 7.62. The van der Waals surface area contributed by atoms with Crippen LogP contribution in [-0.4, -0.2) is 33.6 Å². The number of aromatic nitrogens is 3. The monoisotopic (exact) mass is 360 g/mol. The van der Waals surface area contributed by atoms with Gasteiger partial charge in [-0.25, -0.2) is 4.98 Å². The number of ether oxygens (including phenoxy) is 1. The average molecular weight is 360 g/mol. The molecular weight excluding hydrogens is 340 g/mol. The van der Waals surface area contributed by atoms with E-state index in [-0.39, 0.29) is 5.91 Å². The number of benzene rings is 2. The van der Waals surface area contributed by atoms with Crippen molar-refractivity contribution < 1.29 is 9.53 Å². The highest BCUT2D eigenvalue weighted by Crippen LogP contribution is 2.21. The molecule has 0 atom stereocenters. The fraction of sp³-hybridized carbons (Fsp3) is 0.238. The molecule has 0 aliphatic carbocycles. The van der Waals surface area contributed by atoms with Crippen molar-refractivity contribution >= 4 is 27.8 Å². The molecule has 0 fully saturated rings. The van der Waals surface area contributed by atoms with Gasteiger partial charge in [-0.1, -0.05) is 18.2 Å². The van der Waals surface area contributed by atoms with Crippen LogP contribution < -0.4 is 5.32 Å². The van der Waals surface area contributed by atoms with Gasteiger partial charge in [0.1, 0.15) is 12.4 Å². The number of nitrogens with zero attached hydrogens (tertiary/aromatic N) is 2. The second-order valence-corrected chi connectivity index (χ2v) is 6.80. The van der Waals surface area contributed by atoms with Gasteiger partial charge in [0.05, 0.1) is 17.6 Å². The number of amides is 1. The van der Waals surface area contributed by atoms with E-state index in [1.807, 2.05) is 36.5 Å². The van der Waals surface area contributed by atoms with Crippen molar-refractivity contribution in [2.24, 2.45) is 0 Å². The third-order valence-corrected chi connectivity index (χ3v) is 5.13. The quantitative estimate of drug-likeness (QED) is 0.588. The van der Waals surface area contributed by atoms with Crippen LogP contribution in [0.25, 0.3) is 21.9 Å². The molecule has 2 aromatic heterocycles. The van der Waals surface area contributed by atoms with Gasteiger partial charge in [-0.3, -0.25) is 4.79 Å². The Morgan fingerprint density at radius 2 is 2.19 bits per heavy atom. The van der Waals surface area contributed by atoms with Crippen molar-refractivity contribution in [3.05, 3.63) is 65.6 Å². The summed E-state index contributed by atoms with van der Waals surface area (Å²) in [6.07, 6.45) is 2.80. The maximum atomic E-state index is 12.5. The van der Waals surface area contributed by atoms with Gasteiger partial charge in [-0.05, 0) is 36.2 Å². The van der Waals surface area contributed by atoms with Crippen LogP contribution in [-0.2, 0) is 24.3 Å². The Morgan fingerprint density at radius 3 is 3.15 bits per heavy atom. The van der Waals surface area contributed by atoms with Gasteiger partial charge in [0.2, 0.25) is 0 Å². The lowest BCUT2D eigenvalue weighted by molar-refractivity contribution is 0.0830. The summed E-state index contributed by atoms with van der Waals surface area (Å²) in [6, 6.07) is 13.9. The third kappa shape index (κ3) is 2.88. The van der Waals surface area contributed by atoms with Crippen molar-refractivity contribution in [1.29, 1.82) is 0 Å². The zero-order valence-corrected chi connectivity index (χ0v) is 14.9.